The Morgan fingerprint density at radius 2 is 1.57 bits per heavy atom. The van der Waals surface area contributed by atoms with E-state index in [-0.39, 0.29) is 18.8 Å². The molecule has 0 N–H and O–H groups in total. The second-order valence-electron chi connectivity index (χ2n) is 7.39. The lowest BCUT2D eigenvalue weighted by molar-refractivity contribution is -0.873. The molecule has 1 unspecified atom stereocenters. The Hall–Kier alpha value is -0.940. The molecule has 0 aromatic carbocycles. The van der Waals surface area contributed by atoms with Crippen LogP contribution in [0.1, 0.15) is 64.7 Å². The number of carboxylic acid groups (broad SMARTS) is 1. The monoisotopic (exact) mass is 329 g/mol. The predicted octanol–water partition coefficient (Wildman–Crippen LogP) is 1.93. The number of unbranched alkanes of at least 4 members (excludes halogenated alkanes) is 6. The number of quaternary nitrogens is 1. The molecule has 1 atom stereocenters. The van der Waals surface area contributed by atoms with E-state index >= 15 is 0 Å². The summed E-state index contributed by atoms with van der Waals surface area (Å²) in [5.41, 5.74) is 0. The van der Waals surface area contributed by atoms with Crippen molar-refractivity contribution >= 4 is 11.8 Å². The molecular formula is C18H35NO4. The molecule has 0 saturated carbocycles. The largest absolute Gasteiger partial charge is 0.550 e. The third kappa shape index (κ3) is 15.7. The van der Waals surface area contributed by atoms with Gasteiger partial charge in [-0.05, 0) is 6.42 Å². The van der Waals surface area contributed by atoms with E-state index in [1.165, 1.54) is 32.1 Å². The molecule has 0 aliphatic rings. The van der Waals surface area contributed by atoms with Gasteiger partial charge < -0.3 is 19.1 Å². The van der Waals surface area contributed by atoms with Gasteiger partial charge in [-0.25, -0.2) is 0 Å². The van der Waals surface area contributed by atoms with Gasteiger partial charge in [0.15, 0.2) is 5.78 Å². The number of hydrogen-bond acceptors (Lipinski definition) is 4. The first-order valence-electron chi connectivity index (χ1n) is 8.88. The van der Waals surface area contributed by atoms with Crippen LogP contribution in [0.25, 0.3) is 0 Å². The maximum Gasteiger partial charge on any atom is 0.158 e. The number of ether oxygens (including phenoxy) is 1. The maximum absolute atomic E-state index is 11.8. The van der Waals surface area contributed by atoms with Crippen molar-refractivity contribution < 1.29 is 23.9 Å². The third-order valence-corrected chi connectivity index (χ3v) is 3.68. The summed E-state index contributed by atoms with van der Waals surface area (Å²) in [6.07, 6.45) is 8.11. The highest BCUT2D eigenvalue weighted by molar-refractivity contribution is 5.79. The number of aliphatic carboxylic acids is 1. The molecular weight excluding hydrogens is 294 g/mol. The number of rotatable bonds is 15. The number of carboxylic acids is 1. The van der Waals surface area contributed by atoms with Crippen LogP contribution in [-0.2, 0) is 14.3 Å². The van der Waals surface area contributed by atoms with Gasteiger partial charge in [0.25, 0.3) is 0 Å². The van der Waals surface area contributed by atoms with Gasteiger partial charge >= 0.3 is 0 Å². The number of carbonyl (C=O) groups is 2. The second-order valence-corrected chi connectivity index (χ2v) is 7.39. The van der Waals surface area contributed by atoms with Crippen molar-refractivity contribution in [3.05, 3.63) is 0 Å². The zero-order valence-corrected chi connectivity index (χ0v) is 15.4. The molecule has 0 radical (unpaired) electrons. The van der Waals surface area contributed by atoms with E-state index in [2.05, 4.69) is 6.92 Å². The van der Waals surface area contributed by atoms with Crippen LogP contribution in [0.4, 0.5) is 0 Å². The Balaban J connectivity index is 3.87. The molecule has 0 heterocycles. The van der Waals surface area contributed by atoms with E-state index < -0.39 is 12.1 Å². The minimum atomic E-state index is -1.14. The average molecular weight is 329 g/mol. The molecule has 0 fully saturated rings. The molecule has 0 rings (SSSR count). The molecule has 0 saturated heterocycles. The Morgan fingerprint density at radius 3 is 2.09 bits per heavy atom. The minimum Gasteiger partial charge on any atom is -0.550 e. The lowest BCUT2D eigenvalue weighted by Gasteiger charge is -2.29. The zero-order valence-electron chi connectivity index (χ0n) is 15.4. The van der Waals surface area contributed by atoms with Crippen molar-refractivity contribution in [2.75, 3.05) is 34.3 Å². The number of nitrogens with zero attached hydrogens (tertiary/aromatic N) is 1. The number of carbonyl (C=O) groups excluding carboxylic acids is 2. The molecule has 0 bridgehead atoms. The highest BCUT2D eigenvalue weighted by atomic mass is 16.5. The summed E-state index contributed by atoms with van der Waals surface area (Å²) in [6.45, 7) is 2.75. The van der Waals surface area contributed by atoms with Crippen molar-refractivity contribution in [1.82, 2.24) is 0 Å². The van der Waals surface area contributed by atoms with Crippen LogP contribution >= 0.6 is 0 Å². The molecule has 0 aliphatic heterocycles. The molecule has 5 heteroatoms. The normalized spacial score (nSPS) is 13.0. The van der Waals surface area contributed by atoms with E-state index in [9.17, 15) is 14.7 Å². The summed E-state index contributed by atoms with van der Waals surface area (Å²) >= 11 is 0. The van der Waals surface area contributed by atoms with Crippen LogP contribution in [0, 0.1) is 0 Å². The first kappa shape index (κ1) is 22.1. The van der Waals surface area contributed by atoms with Crippen LogP contribution in [0.5, 0.6) is 0 Å². The summed E-state index contributed by atoms with van der Waals surface area (Å²) in [4.78, 5) is 22.6. The Bertz CT molecular complexity index is 336. The zero-order chi connectivity index (χ0) is 17.7. The fourth-order valence-electron chi connectivity index (χ4n) is 2.54. The minimum absolute atomic E-state index is 0.00772. The molecule has 0 spiro atoms. The van der Waals surface area contributed by atoms with Crippen molar-refractivity contribution in [2.24, 2.45) is 0 Å². The highest BCUT2D eigenvalue weighted by Gasteiger charge is 2.20. The van der Waals surface area contributed by atoms with Gasteiger partial charge in [0.1, 0.15) is 19.3 Å². The van der Waals surface area contributed by atoms with Crippen molar-refractivity contribution in [1.29, 1.82) is 0 Å². The summed E-state index contributed by atoms with van der Waals surface area (Å²) in [5, 5.41) is 10.8. The standard InChI is InChI=1S/C18H35NO4/c1-5-6-7-8-9-10-11-12-16(20)15-23-17(13-18(21)22)14-19(2,3)4/h17H,5-15H2,1-4H3. The van der Waals surface area contributed by atoms with Crippen molar-refractivity contribution in [2.45, 2.75) is 70.8 Å². The molecule has 5 nitrogen and oxygen atoms in total. The summed E-state index contributed by atoms with van der Waals surface area (Å²) < 4.78 is 6.10. The number of ketones is 1. The lowest BCUT2D eigenvalue weighted by atomic mass is 10.1. The van der Waals surface area contributed by atoms with Crippen molar-refractivity contribution in [3.8, 4) is 0 Å². The van der Waals surface area contributed by atoms with E-state index in [4.69, 9.17) is 4.74 Å². The van der Waals surface area contributed by atoms with Gasteiger partial charge in [0.05, 0.1) is 21.1 Å². The topological polar surface area (TPSA) is 66.4 Å². The number of Topliss-reactive ketones (excluding diaryl/α,β-unsaturated/α-hetero) is 1. The van der Waals surface area contributed by atoms with Crippen LogP contribution in [0.3, 0.4) is 0 Å². The first-order chi connectivity index (χ1) is 10.7. The van der Waals surface area contributed by atoms with Gasteiger partial charge in [0, 0.05) is 18.8 Å². The molecule has 0 aromatic heterocycles. The van der Waals surface area contributed by atoms with Crippen LogP contribution in [0.15, 0.2) is 0 Å². The Kier molecular flexibility index (Phi) is 12.0. The number of hydrogen-bond donors (Lipinski definition) is 0. The average Bonchev–Trinajstić information content (AvgIpc) is 2.41. The summed E-state index contributed by atoms with van der Waals surface area (Å²) in [5.74, 6) is -1.08. The van der Waals surface area contributed by atoms with E-state index in [0.29, 0.717) is 17.4 Å². The number of likely N-dealkylation sites (N-methyl/N-ethyl adjacent to an activating group) is 1. The fraction of sp³-hybridized carbons (Fsp3) is 0.889. The Morgan fingerprint density at radius 1 is 1.00 bits per heavy atom. The van der Waals surface area contributed by atoms with E-state index in [0.717, 1.165) is 12.8 Å². The van der Waals surface area contributed by atoms with Gasteiger partial charge in [-0.3, -0.25) is 4.79 Å². The third-order valence-electron chi connectivity index (χ3n) is 3.68. The van der Waals surface area contributed by atoms with Gasteiger partial charge in [-0.1, -0.05) is 45.4 Å². The molecule has 0 amide bonds. The molecule has 23 heavy (non-hydrogen) atoms. The molecule has 0 aliphatic carbocycles. The summed E-state index contributed by atoms with van der Waals surface area (Å²) in [6, 6.07) is 0. The fourth-order valence-corrected chi connectivity index (χ4v) is 2.54. The van der Waals surface area contributed by atoms with E-state index in [1.807, 2.05) is 21.1 Å². The second kappa shape index (κ2) is 12.5. The summed E-state index contributed by atoms with van der Waals surface area (Å²) in [7, 11) is 5.89. The van der Waals surface area contributed by atoms with Crippen molar-refractivity contribution in [3.63, 3.8) is 0 Å². The Labute approximate surface area is 141 Å². The van der Waals surface area contributed by atoms with Gasteiger partial charge in [-0.2, -0.15) is 0 Å². The maximum atomic E-state index is 11.8. The first-order valence-corrected chi connectivity index (χ1v) is 8.88. The van der Waals surface area contributed by atoms with Crippen LogP contribution < -0.4 is 5.11 Å². The lowest BCUT2D eigenvalue weighted by Crippen LogP contribution is -2.45. The van der Waals surface area contributed by atoms with E-state index in [1.54, 1.807) is 0 Å². The SMILES string of the molecule is CCCCCCCCCC(=O)COC(CC(=O)[O-])C[N+](C)(C)C. The quantitative estimate of drug-likeness (QED) is 0.340. The molecule has 0 aromatic rings. The van der Waals surface area contributed by atoms with Gasteiger partial charge in [0.2, 0.25) is 0 Å². The van der Waals surface area contributed by atoms with Crippen LogP contribution in [0.2, 0.25) is 0 Å². The van der Waals surface area contributed by atoms with Crippen LogP contribution in [-0.4, -0.2) is 56.6 Å². The molecule has 136 valence electrons. The highest BCUT2D eigenvalue weighted by Crippen LogP contribution is 2.09. The smallest absolute Gasteiger partial charge is 0.158 e. The van der Waals surface area contributed by atoms with Gasteiger partial charge in [-0.15, -0.1) is 0 Å². The predicted molar refractivity (Wildman–Crippen MR) is 89.9 cm³/mol.